The highest BCUT2D eigenvalue weighted by Gasteiger charge is 2.15. The largest absolute Gasteiger partial charge is 0.456 e. The van der Waals surface area contributed by atoms with Crippen LogP contribution >= 0.6 is 0 Å². The molecule has 27 heavy (non-hydrogen) atoms. The van der Waals surface area contributed by atoms with Crippen molar-refractivity contribution in [1.82, 2.24) is 25.5 Å². The molecule has 0 radical (unpaired) electrons. The van der Waals surface area contributed by atoms with E-state index in [4.69, 9.17) is 4.74 Å². The maximum absolute atomic E-state index is 12.2. The van der Waals surface area contributed by atoms with Crippen LogP contribution in [0.25, 0.3) is 0 Å². The number of benzene rings is 1. The average molecular weight is 373 g/mol. The van der Waals surface area contributed by atoms with E-state index in [2.05, 4.69) is 48.5 Å². The van der Waals surface area contributed by atoms with E-state index in [0.717, 1.165) is 18.4 Å². The molecule has 2 aromatic rings. The highest BCUT2D eigenvalue weighted by Crippen LogP contribution is 2.22. The summed E-state index contributed by atoms with van der Waals surface area (Å²) in [5.74, 6) is -0.374. The Morgan fingerprint density at radius 3 is 2.52 bits per heavy atom. The van der Waals surface area contributed by atoms with E-state index in [1.807, 2.05) is 12.1 Å². The van der Waals surface area contributed by atoms with E-state index < -0.39 is 5.97 Å². The second-order valence-electron chi connectivity index (χ2n) is 7.34. The SMILES string of the molecule is CCCCn1nnnc1COC(=O)CNC(=O)c1ccc(C(C)(C)C)cc1. The molecule has 1 aromatic heterocycles. The Morgan fingerprint density at radius 1 is 1.19 bits per heavy atom. The molecule has 0 aliphatic rings. The third-order valence-electron chi connectivity index (χ3n) is 4.10. The van der Waals surface area contributed by atoms with Crippen molar-refractivity contribution < 1.29 is 14.3 Å². The lowest BCUT2D eigenvalue weighted by atomic mass is 9.87. The molecule has 0 bridgehead atoms. The van der Waals surface area contributed by atoms with Gasteiger partial charge in [-0.1, -0.05) is 46.2 Å². The second-order valence-corrected chi connectivity index (χ2v) is 7.34. The summed E-state index contributed by atoms with van der Waals surface area (Å²) >= 11 is 0. The van der Waals surface area contributed by atoms with Gasteiger partial charge >= 0.3 is 5.97 Å². The molecule has 0 fully saturated rings. The first kappa shape index (κ1) is 20.5. The molecule has 146 valence electrons. The van der Waals surface area contributed by atoms with Gasteiger partial charge in [0.15, 0.2) is 12.4 Å². The van der Waals surface area contributed by atoms with E-state index in [1.54, 1.807) is 16.8 Å². The molecule has 0 aliphatic carbocycles. The normalized spacial score (nSPS) is 11.3. The number of carbonyl (C=O) groups excluding carboxylic acids is 2. The molecular formula is C19H27N5O3. The number of ether oxygens (including phenoxy) is 1. The van der Waals surface area contributed by atoms with Gasteiger partial charge in [-0.25, -0.2) is 4.68 Å². The Balaban J connectivity index is 1.80. The summed E-state index contributed by atoms with van der Waals surface area (Å²) in [6.45, 7) is 8.84. The van der Waals surface area contributed by atoms with Gasteiger partial charge in [0.05, 0.1) is 0 Å². The minimum Gasteiger partial charge on any atom is -0.456 e. The van der Waals surface area contributed by atoms with Gasteiger partial charge < -0.3 is 10.1 Å². The van der Waals surface area contributed by atoms with Gasteiger partial charge in [-0.2, -0.15) is 0 Å². The van der Waals surface area contributed by atoms with Crippen molar-refractivity contribution in [3.8, 4) is 0 Å². The van der Waals surface area contributed by atoms with Crippen LogP contribution in [0.1, 0.15) is 62.3 Å². The van der Waals surface area contributed by atoms with Gasteiger partial charge in [-0.05, 0) is 40.0 Å². The molecule has 0 unspecified atom stereocenters. The molecule has 8 heteroatoms. The molecule has 1 N–H and O–H groups in total. The molecule has 1 heterocycles. The Kier molecular flexibility index (Phi) is 7.04. The molecule has 0 spiro atoms. The number of esters is 1. The van der Waals surface area contributed by atoms with Crippen LogP contribution in [-0.4, -0.2) is 38.6 Å². The lowest BCUT2D eigenvalue weighted by Gasteiger charge is -2.19. The molecule has 2 rings (SSSR count). The zero-order chi connectivity index (χ0) is 19.9. The van der Waals surface area contributed by atoms with Gasteiger partial charge in [-0.3, -0.25) is 9.59 Å². The predicted octanol–water partition coefficient (Wildman–Crippen LogP) is 2.24. The number of hydrogen-bond acceptors (Lipinski definition) is 6. The van der Waals surface area contributed by atoms with E-state index in [1.165, 1.54) is 0 Å². The zero-order valence-corrected chi connectivity index (χ0v) is 16.4. The van der Waals surface area contributed by atoms with Gasteiger partial charge in [-0.15, -0.1) is 5.10 Å². The smallest absolute Gasteiger partial charge is 0.325 e. The van der Waals surface area contributed by atoms with Crippen LogP contribution in [0.3, 0.4) is 0 Å². The summed E-state index contributed by atoms with van der Waals surface area (Å²) in [6.07, 6.45) is 1.96. The number of rotatable bonds is 8. The highest BCUT2D eigenvalue weighted by atomic mass is 16.5. The fraction of sp³-hybridized carbons (Fsp3) is 0.526. The van der Waals surface area contributed by atoms with Gasteiger partial charge in [0.25, 0.3) is 5.91 Å². The molecule has 0 aliphatic heterocycles. The van der Waals surface area contributed by atoms with Crippen LogP contribution in [0.15, 0.2) is 24.3 Å². The lowest BCUT2D eigenvalue weighted by molar-refractivity contribution is -0.144. The first-order chi connectivity index (χ1) is 12.8. The molecule has 1 amide bonds. The Bertz CT molecular complexity index is 762. The maximum atomic E-state index is 12.2. The number of aromatic nitrogens is 4. The first-order valence-electron chi connectivity index (χ1n) is 9.10. The Hall–Kier alpha value is -2.77. The van der Waals surface area contributed by atoms with Crippen molar-refractivity contribution >= 4 is 11.9 Å². The maximum Gasteiger partial charge on any atom is 0.325 e. The lowest BCUT2D eigenvalue weighted by Crippen LogP contribution is -2.30. The molecular weight excluding hydrogens is 346 g/mol. The topological polar surface area (TPSA) is 99.0 Å². The molecule has 0 saturated carbocycles. The number of hydrogen-bond donors (Lipinski definition) is 1. The van der Waals surface area contributed by atoms with Crippen molar-refractivity contribution in [3.05, 3.63) is 41.2 Å². The fourth-order valence-corrected chi connectivity index (χ4v) is 2.38. The molecule has 0 saturated heterocycles. The first-order valence-corrected chi connectivity index (χ1v) is 9.10. The standard InChI is InChI=1S/C19H27N5O3/c1-5-6-11-24-16(21-22-23-24)13-27-17(25)12-20-18(26)14-7-9-15(10-8-14)19(2,3)4/h7-10H,5-6,11-13H2,1-4H3,(H,20,26). The van der Waals surface area contributed by atoms with Gasteiger partial charge in [0.2, 0.25) is 0 Å². The summed E-state index contributed by atoms with van der Waals surface area (Å²) < 4.78 is 6.76. The minimum absolute atomic E-state index is 0.0192. The number of unbranched alkanes of at least 4 members (excludes halogenated alkanes) is 1. The fourth-order valence-electron chi connectivity index (χ4n) is 2.38. The summed E-state index contributed by atoms with van der Waals surface area (Å²) in [5, 5.41) is 13.9. The van der Waals surface area contributed by atoms with Crippen LogP contribution in [0.5, 0.6) is 0 Å². The molecule has 8 nitrogen and oxygen atoms in total. The van der Waals surface area contributed by atoms with E-state index in [9.17, 15) is 9.59 Å². The average Bonchev–Trinajstić information content (AvgIpc) is 3.09. The zero-order valence-electron chi connectivity index (χ0n) is 16.4. The Labute approximate surface area is 159 Å². The third kappa shape index (κ3) is 6.16. The van der Waals surface area contributed by atoms with Crippen molar-refractivity contribution in [2.45, 2.75) is 59.1 Å². The minimum atomic E-state index is -0.542. The van der Waals surface area contributed by atoms with Crippen molar-refractivity contribution in [2.75, 3.05) is 6.54 Å². The summed E-state index contributed by atoms with van der Waals surface area (Å²) in [7, 11) is 0. The van der Waals surface area contributed by atoms with Crippen LogP contribution < -0.4 is 5.32 Å². The predicted molar refractivity (Wildman–Crippen MR) is 100.0 cm³/mol. The van der Waals surface area contributed by atoms with Crippen LogP contribution in [0.4, 0.5) is 0 Å². The number of nitrogens with zero attached hydrogens (tertiary/aromatic N) is 4. The summed E-state index contributed by atoms with van der Waals surface area (Å²) in [4.78, 5) is 24.0. The van der Waals surface area contributed by atoms with E-state index >= 15 is 0 Å². The van der Waals surface area contributed by atoms with E-state index in [0.29, 0.717) is 17.9 Å². The van der Waals surface area contributed by atoms with E-state index in [-0.39, 0.29) is 24.5 Å². The van der Waals surface area contributed by atoms with Crippen LogP contribution in [0.2, 0.25) is 0 Å². The second kappa shape index (κ2) is 9.25. The van der Waals surface area contributed by atoms with Crippen molar-refractivity contribution in [2.24, 2.45) is 0 Å². The number of amides is 1. The summed E-state index contributed by atoms with van der Waals surface area (Å²) in [5.41, 5.74) is 1.66. The van der Waals surface area contributed by atoms with Crippen molar-refractivity contribution in [1.29, 1.82) is 0 Å². The molecule has 0 atom stereocenters. The highest BCUT2D eigenvalue weighted by molar-refractivity contribution is 5.95. The molecule has 1 aromatic carbocycles. The van der Waals surface area contributed by atoms with Gasteiger partial charge in [0.1, 0.15) is 6.54 Å². The summed E-state index contributed by atoms with van der Waals surface area (Å²) in [6, 6.07) is 7.35. The van der Waals surface area contributed by atoms with Gasteiger partial charge in [0, 0.05) is 12.1 Å². The quantitative estimate of drug-likeness (QED) is 0.713. The monoisotopic (exact) mass is 373 g/mol. The number of aryl methyl sites for hydroxylation is 1. The third-order valence-corrected chi connectivity index (χ3v) is 4.10. The number of carbonyl (C=O) groups is 2. The van der Waals surface area contributed by atoms with Crippen LogP contribution in [-0.2, 0) is 28.1 Å². The van der Waals surface area contributed by atoms with Crippen LogP contribution in [0, 0.1) is 0 Å². The number of tetrazole rings is 1. The number of nitrogens with one attached hydrogen (secondary N) is 1. The Morgan fingerprint density at radius 2 is 1.89 bits per heavy atom. The van der Waals surface area contributed by atoms with Crippen molar-refractivity contribution in [3.63, 3.8) is 0 Å².